The second kappa shape index (κ2) is 29.8. The van der Waals surface area contributed by atoms with E-state index in [-0.39, 0.29) is 58.4 Å². The van der Waals surface area contributed by atoms with Gasteiger partial charge in [-0.05, 0) is 72.3 Å². The summed E-state index contributed by atoms with van der Waals surface area (Å²) in [6, 6.07) is 15.9. The molecule has 0 saturated heterocycles. The van der Waals surface area contributed by atoms with Crippen molar-refractivity contribution in [2.24, 2.45) is 11.8 Å². The molecule has 0 fully saturated rings. The smallest absolute Gasteiger partial charge is 0.853 e. The van der Waals surface area contributed by atoms with Crippen molar-refractivity contribution in [2.45, 2.75) is 128 Å². The SMILES string of the molecule is CCCCCCCS(c1ccccc1CC(C)C)=P([O-])([O-])[S-].CCCCCCCS(c1ccccc1CC(C)C)=P([O-])([O-])[S-].[Zn+2].[Zn+2].[Zn+2]. The van der Waals surface area contributed by atoms with Crippen LogP contribution in [0.2, 0.25) is 0 Å². The summed E-state index contributed by atoms with van der Waals surface area (Å²) in [7, 11) is -1.65. The quantitative estimate of drug-likeness (QED) is 0.0665. The van der Waals surface area contributed by atoms with Gasteiger partial charge in [-0.1, -0.05) is 129 Å². The van der Waals surface area contributed by atoms with Crippen molar-refractivity contribution >= 4 is 56.0 Å². The molecule has 2 rings (SSSR count). The van der Waals surface area contributed by atoms with Gasteiger partial charge in [0, 0.05) is 9.79 Å². The molecule has 47 heavy (non-hydrogen) atoms. The molecule has 0 N–H and O–H groups in total. The van der Waals surface area contributed by atoms with Crippen molar-refractivity contribution < 1.29 is 78.0 Å². The Bertz CT molecular complexity index is 1110. The molecule has 0 aliphatic rings. The molecular weight excluding hydrogens is 859 g/mol. The molecule has 2 unspecified atom stereocenters. The third-order valence-electron chi connectivity index (χ3n) is 7.13. The van der Waals surface area contributed by atoms with Crippen LogP contribution < -0.4 is 19.6 Å². The first-order valence-electron chi connectivity index (χ1n) is 16.3. The molecule has 0 saturated carbocycles. The maximum absolute atomic E-state index is 12.1. The molecule has 0 aliphatic carbocycles. The Morgan fingerprint density at radius 1 is 0.532 bits per heavy atom. The van der Waals surface area contributed by atoms with Gasteiger partial charge < -0.3 is 55.5 Å². The van der Waals surface area contributed by atoms with Crippen LogP contribution in [-0.2, 0) is 116 Å². The summed E-state index contributed by atoms with van der Waals surface area (Å²) in [5, 5.41) is 0. The minimum absolute atomic E-state index is 0. The largest absolute Gasteiger partial charge is 2.00 e. The Labute approximate surface area is 342 Å². The summed E-state index contributed by atoms with van der Waals surface area (Å²) in [6.45, 7) is 13.0. The van der Waals surface area contributed by atoms with Crippen molar-refractivity contribution in [2.75, 3.05) is 11.5 Å². The molecule has 13 heteroatoms. The van der Waals surface area contributed by atoms with Crippen molar-refractivity contribution in [1.29, 1.82) is 0 Å². The zero-order valence-corrected chi connectivity index (χ0v) is 43.9. The fourth-order valence-corrected chi connectivity index (χ4v) is 16.2. The molecule has 0 bridgehead atoms. The molecule has 0 aromatic heterocycles. The van der Waals surface area contributed by atoms with E-state index < -0.39 is 31.5 Å². The third kappa shape index (κ3) is 23.6. The molecule has 0 radical (unpaired) electrons. The van der Waals surface area contributed by atoms with Crippen LogP contribution in [0.5, 0.6) is 0 Å². The van der Waals surface area contributed by atoms with Crippen LogP contribution in [0.25, 0.3) is 0 Å². The van der Waals surface area contributed by atoms with E-state index in [0.29, 0.717) is 23.3 Å². The van der Waals surface area contributed by atoms with Gasteiger partial charge in [0.15, 0.2) is 0 Å². The van der Waals surface area contributed by atoms with Crippen molar-refractivity contribution in [3.8, 4) is 0 Å². The minimum atomic E-state index is -3.76. The van der Waals surface area contributed by atoms with Crippen LogP contribution >= 0.6 is 11.4 Å². The van der Waals surface area contributed by atoms with E-state index in [4.69, 9.17) is 24.5 Å². The fourth-order valence-electron chi connectivity index (χ4n) is 5.05. The van der Waals surface area contributed by atoms with Crippen LogP contribution in [0.4, 0.5) is 0 Å². The third-order valence-corrected chi connectivity index (χ3v) is 20.1. The summed E-state index contributed by atoms with van der Waals surface area (Å²) in [6.07, 6.45) is 13.1. The number of hydrogen-bond acceptors (Lipinski definition) is 6. The molecule has 256 valence electrons. The number of hydrogen-bond donors (Lipinski definition) is 0. The van der Waals surface area contributed by atoms with E-state index in [1.54, 1.807) is 0 Å². The monoisotopic (exact) mass is 910 g/mol. The molecule has 2 atom stereocenters. The van der Waals surface area contributed by atoms with E-state index in [9.17, 15) is 19.6 Å². The van der Waals surface area contributed by atoms with E-state index in [0.717, 1.165) is 59.4 Å². The van der Waals surface area contributed by atoms with Gasteiger partial charge in [0.1, 0.15) is 0 Å². The molecule has 0 aliphatic heterocycles. The maximum atomic E-state index is 12.1. The molecule has 0 amide bonds. The van der Waals surface area contributed by atoms with Crippen LogP contribution in [0.3, 0.4) is 0 Å². The molecular formula is C34H56O4P2S4Zn3. The van der Waals surface area contributed by atoms with Gasteiger partial charge in [-0.3, -0.25) is 0 Å². The predicted molar refractivity (Wildman–Crippen MR) is 197 cm³/mol. The Morgan fingerprint density at radius 2 is 0.830 bits per heavy atom. The van der Waals surface area contributed by atoms with Gasteiger partial charge in [0.05, 0.1) is 0 Å². The summed E-state index contributed by atoms with van der Waals surface area (Å²) < 4.78 is 0. The van der Waals surface area contributed by atoms with E-state index in [1.807, 2.05) is 36.4 Å². The standard InChI is InChI=1S/2C17H28O2PS2.3Zn/c2*1-4-5-6-7-10-13-22(20(18,19)21)17-12-9-8-11-16(17)14-15(2)3;;;/h2*8-9,11-12,15H,4-7,10,13-14H2,1-3H3;;;/q2*-3;3*+2. The van der Waals surface area contributed by atoms with Gasteiger partial charge in [-0.15, -0.1) is 0 Å². The molecule has 0 spiro atoms. The predicted octanol–water partition coefficient (Wildman–Crippen LogP) is 7.55. The molecule has 0 heterocycles. The minimum Gasteiger partial charge on any atom is -0.853 e. The van der Waals surface area contributed by atoms with Crippen molar-refractivity contribution in [1.82, 2.24) is 0 Å². The average molecular weight is 915 g/mol. The maximum Gasteiger partial charge on any atom is 2.00 e. The Hall–Kier alpha value is 2.41. The topological polar surface area (TPSA) is 92.2 Å². The number of rotatable bonds is 18. The van der Waals surface area contributed by atoms with Crippen molar-refractivity contribution in [3.63, 3.8) is 0 Å². The number of benzene rings is 2. The van der Waals surface area contributed by atoms with E-state index in [2.05, 4.69) is 53.7 Å². The van der Waals surface area contributed by atoms with Crippen LogP contribution in [-0.4, -0.2) is 11.5 Å². The van der Waals surface area contributed by atoms with E-state index in [1.165, 1.54) is 38.5 Å². The zero-order valence-electron chi connectivity index (χ0n) is 30.0. The first-order valence-corrected chi connectivity index (χ1v) is 25.6. The van der Waals surface area contributed by atoms with Gasteiger partial charge in [0.2, 0.25) is 0 Å². The fraction of sp³-hybridized carbons (Fsp3) is 0.647. The first kappa shape index (κ1) is 53.8. The molecule has 2 aromatic carbocycles. The Kier molecular flexibility index (Phi) is 34.1. The van der Waals surface area contributed by atoms with Crippen LogP contribution in [0.1, 0.15) is 117 Å². The summed E-state index contributed by atoms with van der Waals surface area (Å²) in [5.41, 5.74) is -5.23. The second-order valence-electron chi connectivity index (χ2n) is 12.3. The Balaban J connectivity index is -0.000000774. The summed E-state index contributed by atoms with van der Waals surface area (Å²) in [5.74, 6) is 2.38. The molecule has 2 aromatic rings. The Morgan fingerprint density at radius 3 is 1.11 bits per heavy atom. The van der Waals surface area contributed by atoms with Gasteiger partial charge in [-0.25, -0.2) is 20.1 Å². The summed E-state index contributed by atoms with van der Waals surface area (Å²) >= 11 is 9.75. The van der Waals surface area contributed by atoms with Gasteiger partial charge >= 0.3 is 58.4 Å². The first-order chi connectivity index (χ1) is 20.7. The zero-order chi connectivity index (χ0) is 33.2. The van der Waals surface area contributed by atoms with E-state index >= 15 is 0 Å². The van der Waals surface area contributed by atoms with Crippen molar-refractivity contribution in [3.05, 3.63) is 59.7 Å². The average Bonchev–Trinajstić information content (AvgIpc) is 2.92. The number of unbranched alkanes of at least 4 members (excludes halogenated alkanes) is 8. The normalized spacial score (nSPS) is 12.7. The van der Waals surface area contributed by atoms with Gasteiger partial charge in [0.25, 0.3) is 0 Å². The van der Waals surface area contributed by atoms with Crippen LogP contribution in [0.15, 0.2) is 58.3 Å². The van der Waals surface area contributed by atoms with Gasteiger partial charge in [-0.2, -0.15) is 0 Å². The van der Waals surface area contributed by atoms with Crippen LogP contribution in [0, 0.1) is 11.8 Å². The second-order valence-corrected chi connectivity index (χ2v) is 27.0. The summed E-state index contributed by atoms with van der Waals surface area (Å²) in [4.78, 5) is 50.5. The molecule has 4 nitrogen and oxygen atoms in total.